The van der Waals surface area contributed by atoms with E-state index in [0.717, 1.165) is 0 Å². The number of rotatable bonds is 5. The molecule has 1 unspecified atom stereocenters. The number of carbonyl (C=O) groups excluding carboxylic acids is 3. The maximum atomic E-state index is 13.0. The zero-order chi connectivity index (χ0) is 21.7. The maximum absolute atomic E-state index is 13.0. The second-order valence-electron chi connectivity index (χ2n) is 7.36. The van der Waals surface area contributed by atoms with Crippen molar-refractivity contribution in [3.05, 3.63) is 65.7 Å². The van der Waals surface area contributed by atoms with Crippen molar-refractivity contribution in [2.24, 2.45) is 0 Å². The molecule has 0 aromatic heterocycles. The van der Waals surface area contributed by atoms with E-state index in [-0.39, 0.29) is 23.8 Å². The van der Waals surface area contributed by atoms with E-state index in [4.69, 9.17) is 4.74 Å². The fraction of sp³-hybridized carbons (Fsp3) is 0.348. The number of nitrogens with one attached hydrogen (secondary N) is 1. The van der Waals surface area contributed by atoms with Gasteiger partial charge >= 0.3 is 0 Å². The molecule has 0 bridgehead atoms. The van der Waals surface area contributed by atoms with E-state index >= 15 is 0 Å². The number of piperazine rings is 1. The Kier molecular flexibility index (Phi) is 6.72. The molecule has 7 heteroatoms. The predicted octanol–water partition coefficient (Wildman–Crippen LogP) is 2.19. The van der Waals surface area contributed by atoms with E-state index in [1.54, 1.807) is 60.2 Å². The average Bonchev–Trinajstić information content (AvgIpc) is 2.78. The summed E-state index contributed by atoms with van der Waals surface area (Å²) in [5, 5.41) is 2.57. The summed E-state index contributed by atoms with van der Waals surface area (Å²) in [4.78, 5) is 40.9. The van der Waals surface area contributed by atoms with Crippen LogP contribution in [0.3, 0.4) is 0 Å². The smallest absolute Gasteiger partial charge is 0.263 e. The fourth-order valence-corrected chi connectivity index (χ4v) is 3.58. The highest BCUT2D eigenvalue weighted by molar-refractivity contribution is 5.95. The quantitative estimate of drug-likeness (QED) is 0.821. The lowest BCUT2D eigenvalue weighted by Crippen LogP contribution is -2.57. The third-order valence-electron chi connectivity index (χ3n) is 5.20. The van der Waals surface area contributed by atoms with Crippen molar-refractivity contribution in [3.63, 3.8) is 0 Å². The van der Waals surface area contributed by atoms with Crippen LogP contribution in [0.1, 0.15) is 34.6 Å². The summed E-state index contributed by atoms with van der Waals surface area (Å²) < 4.78 is 5.80. The molecule has 0 spiro atoms. The molecule has 3 rings (SSSR count). The van der Waals surface area contributed by atoms with E-state index in [2.05, 4.69) is 5.32 Å². The van der Waals surface area contributed by atoms with E-state index in [1.165, 1.54) is 0 Å². The first-order valence-corrected chi connectivity index (χ1v) is 10.0. The molecular weight excluding hydrogens is 382 g/mol. The minimum Gasteiger partial charge on any atom is -0.481 e. The van der Waals surface area contributed by atoms with Gasteiger partial charge in [-0.25, -0.2) is 0 Å². The summed E-state index contributed by atoms with van der Waals surface area (Å²) in [7, 11) is 1.56. The Morgan fingerprint density at radius 3 is 2.40 bits per heavy atom. The van der Waals surface area contributed by atoms with Crippen molar-refractivity contribution < 1.29 is 19.1 Å². The second-order valence-corrected chi connectivity index (χ2v) is 7.36. The highest BCUT2D eigenvalue weighted by Crippen LogP contribution is 2.18. The molecule has 158 valence electrons. The van der Waals surface area contributed by atoms with E-state index in [1.807, 2.05) is 25.1 Å². The lowest BCUT2D eigenvalue weighted by atomic mass is 10.1. The molecule has 2 atom stereocenters. The van der Waals surface area contributed by atoms with Gasteiger partial charge in [0.1, 0.15) is 5.75 Å². The molecule has 7 nitrogen and oxygen atoms in total. The molecular formula is C23H27N3O4. The van der Waals surface area contributed by atoms with Gasteiger partial charge in [-0.05, 0) is 44.2 Å². The van der Waals surface area contributed by atoms with Gasteiger partial charge in [0.05, 0.1) is 0 Å². The Morgan fingerprint density at radius 2 is 1.73 bits per heavy atom. The summed E-state index contributed by atoms with van der Waals surface area (Å²) in [6.07, 6.45) is -0.705. The summed E-state index contributed by atoms with van der Waals surface area (Å²) >= 11 is 0. The Bertz CT molecular complexity index is 916. The third-order valence-corrected chi connectivity index (χ3v) is 5.20. The molecule has 1 aliphatic rings. The molecule has 1 heterocycles. The Morgan fingerprint density at radius 1 is 1.03 bits per heavy atom. The van der Waals surface area contributed by atoms with Crippen molar-refractivity contribution >= 4 is 17.7 Å². The largest absolute Gasteiger partial charge is 0.481 e. The molecule has 2 aromatic rings. The van der Waals surface area contributed by atoms with Gasteiger partial charge in [0.25, 0.3) is 17.7 Å². The normalized spacial score (nSPS) is 17.2. The minimum absolute atomic E-state index is 0.0233. The van der Waals surface area contributed by atoms with Crippen molar-refractivity contribution in [2.45, 2.75) is 26.0 Å². The number of carbonyl (C=O) groups is 3. The second kappa shape index (κ2) is 9.43. The van der Waals surface area contributed by atoms with Crippen LogP contribution in [0.25, 0.3) is 0 Å². The van der Waals surface area contributed by atoms with Gasteiger partial charge in [0.2, 0.25) is 0 Å². The SMILES string of the molecule is CNC(=O)c1cccc(OC(C)C(=O)N2CCN(C(=O)c3ccccc3)C[C@H]2C)c1. The first-order chi connectivity index (χ1) is 14.4. The van der Waals surface area contributed by atoms with Crippen molar-refractivity contribution in [1.29, 1.82) is 0 Å². The molecule has 0 radical (unpaired) electrons. The molecule has 0 aliphatic carbocycles. The Hall–Kier alpha value is -3.35. The standard InChI is InChI=1S/C23H27N3O4/c1-16-15-25(23(29)18-8-5-4-6-9-18)12-13-26(16)22(28)17(2)30-20-11-7-10-19(14-20)21(27)24-3/h4-11,14,16-17H,12-13,15H2,1-3H3,(H,24,27)/t16-,17?/m1/s1. The van der Waals surface area contributed by atoms with Crippen LogP contribution in [-0.4, -0.2) is 66.3 Å². The van der Waals surface area contributed by atoms with Crippen molar-refractivity contribution in [3.8, 4) is 5.75 Å². The monoisotopic (exact) mass is 409 g/mol. The summed E-state index contributed by atoms with van der Waals surface area (Å²) in [6.45, 7) is 5.02. The average molecular weight is 409 g/mol. The number of hydrogen-bond acceptors (Lipinski definition) is 4. The summed E-state index contributed by atoms with van der Waals surface area (Å²) in [5.74, 6) is 0.0827. The van der Waals surface area contributed by atoms with Crippen LogP contribution < -0.4 is 10.1 Å². The Labute approximate surface area is 176 Å². The first-order valence-electron chi connectivity index (χ1n) is 10.0. The molecule has 1 N–H and O–H groups in total. The number of amides is 3. The van der Waals surface area contributed by atoms with Crippen LogP contribution in [0.15, 0.2) is 54.6 Å². The van der Waals surface area contributed by atoms with Crippen LogP contribution in [0, 0.1) is 0 Å². The van der Waals surface area contributed by atoms with Crippen LogP contribution in [0.4, 0.5) is 0 Å². The van der Waals surface area contributed by atoms with Gasteiger partial charge < -0.3 is 19.9 Å². The van der Waals surface area contributed by atoms with E-state index in [0.29, 0.717) is 36.5 Å². The molecule has 1 aliphatic heterocycles. The molecule has 3 amide bonds. The van der Waals surface area contributed by atoms with Crippen LogP contribution >= 0.6 is 0 Å². The van der Waals surface area contributed by atoms with Crippen LogP contribution in [-0.2, 0) is 4.79 Å². The lowest BCUT2D eigenvalue weighted by Gasteiger charge is -2.40. The van der Waals surface area contributed by atoms with Gasteiger partial charge in [-0.15, -0.1) is 0 Å². The van der Waals surface area contributed by atoms with Gasteiger partial charge in [0, 0.05) is 43.9 Å². The molecule has 2 aromatic carbocycles. The number of ether oxygens (including phenoxy) is 1. The van der Waals surface area contributed by atoms with E-state index in [9.17, 15) is 14.4 Å². The number of hydrogen-bond donors (Lipinski definition) is 1. The highest BCUT2D eigenvalue weighted by Gasteiger charge is 2.33. The Balaban J connectivity index is 1.61. The van der Waals surface area contributed by atoms with Gasteiger partial charge in [0.15, 0.2) is 6.10 Å². The molecule has 1 saturated heterocycles. The zero-order valence-corrected chi connectivity index (χ0v) is 17.5. The van der Waals surface area contributed by atoms with Crippen LogP contribution in [0.5, 0.6) is 5.75 Å². The van der Waals surface area contributed by atoms with Crippen molar-refractivity contribution in [1.82, 2.24) is 15.1 Å². The highest BCUT2D eigenvalue weighted by atomic mass is 16.5. The third kappa shape index (κ3) is 4.79. The summed E-state index contributed by atoms with van der Waals surface area (Å²) in [5.41, 5.74) is 1.12. The fourth-order valence-electron chi connectivity index (χ4n) is 3.58. The molecule has 30 heavy (non-hydrogen) atoms. The lowest BCUT2D eigenvalue weighted by molar-refractivity contribution is -0.142. The predicted molar refractivity (Wildman–Crippen MR) is 113 cm³/mol. The molecule has 1 fully saturated rings. The van der Waals surface area contributed by atoms with Gasteiger partial charge in [-0.2, -0.15) is 0 Å². The number of nitrogens with zero attached hydrogens (tertiary/aromatic N) is 2. The van der Waals surface area contributed by atoms with Gasteiger partial charge in [-0.1, -0.05) is 24.3 Å². The zero-order valence-electron chi connectivity index (χ0n) is 17.5. The van der Waals surface area contributed by atoms with Gasteiger partial charge in [-0.3, -0.25) is 14.4 Å². The summed E-state index contributed by atoms with van der Waals surface area (Å²) in [6, 6.07) is 15.8. The topological polar surface area (TPSA) is 79.0 Å². The maximum Gasteiger partial charge on any atom is 0.263 e. The molecule has 0 saturated carbocycles. The first kappa shape index (κ1) is 21.4. The minimum atomic E-state index is -0.705. The van der Waals surface area contributed by atoms with Crippen molar-refractivity contribution in [2.75, 3.05) is 26.7 Å². The number of benzene rings is 2. The van der Waals surface area contributed by atoms with E-state index < -0.39 is 6.10 Å². The van der Waals surface area contributed by atoms with Crippen LogP contribution in [0.2, 0.25) is 0 Å².